The van der Waals surface area contributed by atoms with Crippen molar-refractivity contribution in [3.63, 3.8) is 0 Å². The van der Waals surface area contributed by atoms with Crippen LogP contribution in [0.3, 0.4) is 0 Å². The number of nitrogens with zero attached hydrogens (tertiary/aromatic N) is 1. The lowest BCUT2D eigenvalue weighted by Crippen LogP contribution is -2.38. The van der Waals surface area contributed by atoms with Crippen molar-refractivity contribution in [3.05, 3.63) is 35.9 Å². The minimum atomic E-state index is -3.14. The van der Waals surface area contributed by atoms with Crippen LogP contribution in [0.2, 0.25) is 0 Å². The Morgan fingerprint density at radius 1 is 1.03 bits per heavy atom. The van der Waals surface area contributed by atoms with E-state index < -0.39 is 21.5 Å². The molecule has 0 atom stereocenters. The standard InChI is InChI=1S/C21H36N4O4S/c1-5-22-19(23-13-9-14-25-20(26)29-21(2,3)4)24-15-10-16-30(27,28)17-18-11-7-6-8-12-18/h6-8,11-12H,5,9-10,13-17H2,1-4H3,(H,25,26)(H2,22,23,24). The maximum absolute atomic E-state index is 12.2. The fourth-order valence-electron chi connectivity index (χ4n) is 2.52. The second-order valence-electron chi connectivity index (χ2n) is 7.90. The molecule has 170 valence electrons. The largest absolute Gasteiger partial charge is 0.444 e. The summed E-state index contributed by atoms with van der Waals surface area (Å²) in [6, 6.07) is 9.20. The molecule has 0 spiro atoms. The molecule has 0 aliphatic carbocycles. The number of rotatable bonds is 11. The van der Waals surface area contributed by atoms with Crippen molar-refractivity contribution in [2.24, 2.45) is 4.99 Å². The van der Waals surface area contributed by atoms with Crippen LogP contribution in [0, 0.1) is 0 Å². The number of alkyl carbamates (subject to hydrolysis) is 1. The van der Waals surface area contributed by atoms with Crippen LogP contribution in [-0.4, -0.2) is 58.0 Å². The first kappa shape index (κ1) is 25.7. The van der Waals surface area contributed by atoms with E-state index >= 15 is 0 Å². The van der Waals surface area contributed by atoms with Gasteiger partial charge in [0, 0.05) is 26.2 Å². The zero-order chi connectivity index (χ0) is 22.5. The highest BCUT2D eigenvalue weighted by Gasteiger charge is 2.15. The topological polar surface area (TPSA) is 109 Å². The van der Waals surface area contributed by atoms with Gasteiger partial charge in [-0.15, -0.1) is 0 Å². The Kier molecular flexibility index (Phi) is 11.2. The first-order chi connectivity index (χ1) is 14.1. The van der Waals surface area contributed by atoms with Gasteiger partial charge in [-0.3, -0.25) is 4.99 Å². The molecule has 1 rings (SSSR count). The fourth-order valence-corrected chi connectivity index (χ4v) is 3.94. The lowest BCUT2D eigenvalue weighted by molar-refractivity contribution is 0.0527. The summed E-state index contributed by atoms with van der Waals surface area (Å²) in [6.07, 6.45) is 0.731. The SMILES string of the molecule is CCNC(=NCCCNC(=O)OC(C)(C)C)NCCCS(=O)(=O)Cc1ccccc1. The fraction of sp³-hybridized carbons (Fsp3) is 0.619. The van der Waals surface area contributed by atoms with Crippen molar-refractivity contribution in [1.29, 1.82) is 0 Å². The first-order valence-corrected chi connectivity index (χ1v) is 12.2. The van der Waals surface area contributed by atoms with Gasteiger partial charge >= 0.3 is 6.09 Å². The third-order valence-electron chi connectivity index (χ3n) is 3.77. The number of hydrogen-bond donors (Lipinski definition) is 3. The van der Waals surface area contributed by atoms with Crippen LogP contribution in [0.25, 0.3) is 0 Å². The zero-order valence-electron chi connectivity index (χ0n) is 18.5. The van der Waals surface area contributed by atoms with Crippen LogP contribution in [0.4, 0.5) is 4.79 Å². The van der Waals surface area contributed by atoms with Crippen molar-refractivity contribution in [1.82, 2.24) is 16.0 Å². The van der Waals surface area contributed by atoms with Crippen molar-refractivity contribution >= 4 is 21.9 Å². The summed E-state index contributed by atoms with van der Waals surface area (Å²) in [7, 11) is -3.14. The summed E-state index contributed by atoms with van der Waals surface area (Å²) >= 11 is 0. The summed E-state index contributed by atoms with van der Waals surface area (Å²) in [6.45, 7) is 9.62. The molecule has 0 fully saturated rings. The van der Waals surface area contributed by atoms with Gasteiger partial charge in [0.15, 0.2) is 15.8 Å². The molecule has 0 unspecified atom stereocenters. The van der Waals surface area contributed by atoms with E-state index in [2.05, 4.69) is 20.9 Å². The number of aliphatic imine (C=N–C) groups is 1. The molecule has 0 aliphatic rings. The average molecular weight is 441 g/mol. The van der Waals surface area contributed by atoms with E-state index in [1.165, 1.54) is 0 Å². The number of carbonyl (C=O) groups is 1. The number of nitrogens with one attached hydrogen (secondary N) is 3. The number of carbonyl (C=O) groups excluding carboxylic acids is 1. The minimum Gasteiger partial charge on any atom is -0.444 e. The molecule has 1 aromatic rings. The highest BCUT2D eigenvalue weighted by Crippen LogP contribution is 2.07. The van der Waals surface area contributed by atoms with Crippen LogP contribution in [0.15, 0.2) is 35.3 Å². The van der Waals surface area contributed by atoms with E-state index in [0.717, 1.165) is 5.56 Å². The molecule has 0 saturated carbocycles. The number of sulfone groups is 1. The summed E-state index contributed by atoms with van der Waals surface area (Å²) < 4.78 is 29.6. The maximum Gasteiger partial charge on any atom is 0.407 e. The normalized spacial score (nSPS) is 12.3. The Labute approximate surface area is 180 Å². The Balaban J connectivity index is 2.30. The van der Waals surface area contributed by atoms with Gasteiger partial charge in [-0.25, -0.2) is 13.2 Å². The highest BCUT2D eigenvalue weighted by atomic mass is 32.2. The number of hydrogen-bond acceptors (Lipinski definition) is 5. The molecule has 0 bridgehead atoms. The second-order valence-corrected chi connectivity index (χ2v) is 10.1. The second kappa shape index (κ2) is 13.1. The molecule has 3 N–H and O–H groups in total. The lowest BCUT2D eigenvalue weighted by atomic mass is 10.2. The Hall–Kier alpha value is -2.29. The third-order valence-corrected chi connectivity index (χ3v) is 5.46. The Morgan fingerprint density at radius 3 is 2.33 bits per heavy atom. The van der Waals surface area contributed by atoms with Gasteiger partial charge in [-0.05, 0) is 46.1 Å². The van der Waals surface area contributed by atoms with E-state index in [9.17, 15) is 13.2 Å². The summed E-state index contributed by atoms with van der Waals surface area (Å²) in [5, 5.41) is 8.97. The Morgan fingerprint density at radius 2 is 1.70 bits per heavy atom. The maximum atomic E-state index is 12.2. The van der Waals surface area contributed by atoms with Crippen molar-refractivity contribution < 1.29 is 17.9 Å². The molecule has 0 saturated heterocycles. The van der Waals surface area contributed by atoms with Crippen molar-refractivity contribution in [2.75, 3.05) is 31.9 Å². The number of amides is 1. The van der Waals surface area contributed by atoms with Crippen molar-refractivity contribution in [2.45, 2.75) is 51.9 Å². The van der Waals surface area contributed by atoms with E-state index in [0.29, 0.717) is 45.0 Å². The molecule has 8 nitrogen and oxygen atoms in total. The highest BCUT2D eigenvalue weighted by molar-refractivity contribution is 7.90. The van der Waals surface area contributed by atoms with Crippen LogP contribution < -0.4 is 16.0 Å². The lowest BCUT2D eigenvalue weighted by Gasteiger charge is -2.19. The molecule has 1 aromatic carbocycles. The Bertz CT molecular complexity index is 759. The molecule has 0 aliphatic heterocycles. The van der Waals surface area contributed by atoms with Crippen molar-refractivity contribution in [3.8, 4) is 0 Å². The summed E-state index contributed by atoms with van der Waals surface area (Å²) in [5.74, 6) is 0.816. The molecule has 0 heterocycles. The number of guanidine groups is 1. The van der Waals surface area contributed by atoms with Gasteiger partial charge in [0.2, 0.25) is 0 Å². The van der Waals surface area contributed by atoms with Gasteiger partial charge < -0.3 is 20.7 Å². The molecule has 0 radical (unpaired) electrons. The molecular weight excluding hydrogens is 404 g/mol. The molecule has 30 heavy (non-hydrogen) atoms. The molecule has 9 heteroatoms. The predicted molar refractivity (Wildman–Crippen MR) is 121 cm³/mol. The average Bonchev–Trinajstić information content (AvgIpc) is 2.63. The molecular formula is C21H36N4O4S. The van der Waals surface area contributed by atoms with Gasteiger partial charge in [-0.1, -0.05) is 30.3 Å². The quantitative estimate of drug-likeness (QED) is 0.277. The third kappa shape index (κ3) is 13.0. The number of ether oxygens (including phenoxy) is 1. The molecule has 1 amide bonds. The van der Waals surface area contributed by atoms with Crippen LogP contribution in [0.5, 0.6) is 0 Å². The van der Waals surface area contributed by atoms with E-state index in [1.54, 1.807) is 0 Å². The monoisotopic (exact) mass is 440 g/mol. The van der Waals surface area contributed by atoms with E-state index in [1.807, 2.05) is 58.0 Å². The zero-order valence-corrected chi connectivity index (χ0v) is 19.3. The summed E-state index contributed by atoms with van der Waals surface area (Å²) in [4.78, 5) is 16.0. The van der Waals surface area contributed by atoms with Crippen LogP contribution in [0.1, 0.15) is 46.1 Å². The van der Waals surface area contributed by atoms with E-state index in [4.69, 9.17) is 4.74 Å². The van der Waals surface area contributed by atoms with Crippen LogP contribution in [-0.2, 0) is 20.3 Å². The number of benzene rings is 1. The van der Waals surface area contributed by atoms with E-state index in [-0.39, 0.29) is 11.5 Å². The predicted octanol–water partition coefficient (Wildman–Crippen LogP) is 2.46. The van der Waals surface area contributed by atoms with Gasteiger partial charge in [0.05, 0.1) is 11.5 Å². The van der Waals surface area contributed by atoms with Gasteiger partial charge in [0.1, 0.15) is 5.60 Å². The molecule has 0 aromatic heterocycles. The summed E-state index contributed by atoms with van der Waals surface area (Å²) in [5.41, 5.74) is 0.291. The minimum absolute atomic E-state index is 0.0621. The smallest absolute Gasteiger partial charge is 0.407 e. The van der Waals surface area contributed by atoms with Crippen LogP contribution >= 0.6 is 0 Å². The van der Waals surface area contributed by atoms with Gasteiger partial charge in [-0.2, -0.15) is 0 Å². The first-order valence-electron chi connectivity index (χ1n) is 10.3. The van der Waals surface area contributed by atoms with Gasteiger partial charge in [0.25, 0.3) is 0 Å².